The summed E-state index contributed by atoms with van der Waals surface area (Å²) in [4.78, 5) is 15.6. The van der Waals surface area contributed by atoms with Crippen LogP contribution in [0.2, 0.25) is 0 Å². The second-order valence-electron chi connectivity index (χ2n) is 4.58. The Morgan fingerprint density at radius 2 is 2.29 bits per heavy atom. The number of carbonyl (C=O) groups is 1. The van der Waals surface area contributed by atoms with Gasteiger partial charge in [-0.05, 0) is 5.92 Å². The van der Waals surface area contributed by atoms with E-state index >= 15 is 0 Å². The molecule has 0 saturated heterocycles. The molecule has 0 aliphatic heterocycles. The third-order valence-electron chi connectivity index (χ3n) is 2.44. The summed E-state index contributed by atoms with van der Waals surface area (Å²) in [5, 5.41) is 6.09. The van der Waals surface area contributed by atoms with Gasteiger partial charge in [0.15, 0.2) is 0 Å². The summed E-state index contributed by atoms with van der Waals surface area (Å²) in [5.74, 6) is 1.58. The van der Waals surface area contributed by atoms with Crippen molar-refractivity contribution in [2.75, 3.05) is 13.1 Å². The first-order valence-corrected chi connectivity index (χ1v) is 6.03. The Morgan fingerprint density at radius 1 is 1.53 bits per heavy atom. The number of aryl methyl sites for hydroxylation is 1. The molecule has 1 amide bonds. The molecule has 0 unspecified atom stereocenters. The molecule has 1 aromatic heterocycles. The molecule has 0 bridgehead atoms. The Kier molecular flexibility index (Phi) is 5.69. The molecule has 17 heavy (non-hydrogen) atoms. The summed E-state index contributed by atoms with van der Waals surface area (Å²) in [6.07, 6.45) is 4.19. The third-order valence-corrected chi connectivity index (χ3v) is 2.44. The number of hydrogen-bond acceptors (Lipinski definition) is 3. The van der Waals surface area contributed by atoms with Crippen molar-refractivity contribution in [1.29, 1.82) is 0 Å². The van der Waals surface area contributed by atoms with Crippen molar-refractivity contribution in [2.45, 2.75) is 26.8 Å². The minimum absolute atomic E-state index is 0.103. The van der Waals surface area contributed by atoms with Gasteiger partial charge < -0.3 is 15.2 Å². The van der Waals surface area contributed by atoms with Gasteiger partial charge >= 0.3 is 0 Å². The standard InChI is InChI=1S/C12H22N4O/c1-10(2)8-15-12(17)4-5-13-9-11-14-6-7-16(11)3/h6-7,10,13H,4-5,8-9H2,1-3H3,(H,15,17). The van der Waals surface area contributed by atoms with Crippen LogP contribution in [0.15, 0.2) is 12.4 Å². The fourth-order valence-electron chi connectivity index (χ4n) is 1.38. The lowest BCUT2D eigenvalue weighted by atomic mass is 10.2. The lowest BCUT2D eigenvalue weighted by Gasteiger charge is -2.08. The van der Waals surface area contributed by atoms with Crippen LogP contribution in [0.5, 0.6) is 0 Å². The molecule has 0 saturated carbocycles. The van der Waals surface area contributed by atoms with Gasteiger partial charge in [-0.25, -0.2) is 4.98 Å². The number of nitrogens with zero attached hydrogens (tertiary/aromatic N) is 2. The monoisotopic (exact) mass is 238 g/mol. The van der Waals surface area contributed by atoms with E-state index in [1.807, 2.05) is 17.8 Å². The molecule has 0 spiro atoms. The number of nitrogens with one attached hydrogen (secondary N) is 2. The summed E-state index contributed by atoms with van der Waals surface area (Å²) in [5.41, 5.74) is 0. The number of rotatable bonds is 7. The highest BCUT2D eigenvalue weighted by Crippen LogP contribution is 1.93. The average Bonchev–Trinajstić information content (AvgIpc) is 2.68. The maximum absolute atomic E-state index is 11.4. The molecule has 2 N–H and O–H groups in total. The van der Waals surface area contributed by atoms with Gasteiger partial charge in [-0.15, -0.1) is 0 Å². The maximum Gasteiger partial charge on any atom is 0.221 e. The van der Waals surface area contributed by atoms with Gasteiger partial charge in [-0.1, -0.05) is 13.8 Å². The highest BCUT2D eigenvalue weighted by atomic mass is 16.1. The third kappa shape index (κ3) is 5.49. The summed E-state index contributed by atoms with van der Waals surface area (Å²) >= 11 is 0. The second-order valence-corrected chi connectivity index (χ2v) is 4.58. The smallest absolute Gasteiger partial charge is 0.221 e. The molecule has 96 valence electrons. The summed E-state index contributed by atoms with van der Waals surface area (Å²) in [7, 11) is 1.96. The molecule has 0 fully saturated rings. The van der Waals surface area contributed by atoms with Gasteiger partial charge in [0.2, 0.25) is 5.91 Å². The van der Waals surface area contributed by atoms with Crippen molar-refractivity contribution in [3.05, 3.63) is 18.2 Å². The van der Waals surface area contributed by atoms with Gasteiger partial charge in [0.05, 0.1) is 6.54 Å². The first-order valence-electron chi connectivity index (χ1n) is 6.03. The maximum atomic E-state index is 11.4. The lowest BCUT2D eigenvalue weighted by molar-refractivity contribution is -0.121. The SMILES string of the molecule is CC(C)CNC(=O)CCNCc1nccn1C. The lowest BCUT2D eigenvalue weighted by Crippen LogP contribution is -2.30. The minimum atomic E-state index is 0.103. The average molecular weight is 238 g/mol. The number of imidazole rings is 1. The van der Waals surface area contributed by atoms with Gasteiger partial charge in [-0.2, -0.15) is 0 Å². The molecule has 0 aliphatic rings. The molecule has 0 atom stereocenters. The van der Waals surface area contributed by atoms with Crippen molar-refractivity contribution in [2.24, 2.45) is 13.0 Å². The summed E-state index contributed by atoms with van der Waals surface area (Å²) < 4.78 is 1.96. The van der Waals surface area contributed by atoms with Crippen molar-refractivity contribution < 1.29 is 4.79 Å². The van der Waals surface area contributed by atoms with E-state index in [2.05, 4.69) is 29.5 Å². The van der Waals surface area contributed by atoms with E-state index in [0.717, 1.165) is 12.4 Å². The number of hydrogen-bond donors (Lipinski definition) is 2. The molecule has 0 radical (unpaired) electrons. The van der Waals surface area contributed by atoms with Crippen molar-refractivity contribution >= 4 is 5.91 Å². The van der Waals surface area contributed by atoms with Crippen molar-refractivity contribution in [3.8, 4) is 0 Å². The van der Waals surface area contributed by atoms with Crippen LogP contribution in [-0.4, -0.2) is 28.5 Å². The molecule has 0 aromatic carbocycles. The Hall–Kier alpha value is -1.36. The largest absolute Gasteiger partial charge is 0.356 e. The first kappa shape index (κ1) is 13.7. The predicted molar refractivity (Wildman–Crippen MR) is 67.4 cm³/mol. The van der Waals surface area contributed by atoms with Crippen LogP contribution in [0.1, 0.15) is 26.1 Å². The van der Waals surface area contributed by atoms with E-state index in [1.165, 1.54) is 0 Å². The van der Waals surface area contributed by atoms with E-state index < -0.39 is 0 Å². The number of carbonyl (C=O) groups excluding carboxylic acids is 1. The van der Waals surface area contributed by atoms with Crippen LogP contribution in [0.4, 0.5) is 0 Å². The predicted octanol–water partition coefficient (Wildman–Crippen LogP) is 0.672. The van der Waals surface area contributed by atoms with Gasteiger partial charge in [0.1, 0.15) is 5.82 Å². The van der Waals surface area contributed by atoms with Crippen LogP contribution in [0, 0.1) is 5.92 Å². The Balaban J connectivity index is 2.08. The second kappa shape index (κ2) is 7.06. The van der Waals surface area contributed by atoms with E-state index in [-0.39, 0.29) is 5.91 Å². The molecule has 1 aromatic rings. The zero-order valence-corrected chi connectivity index (χ0v) is 10.9. The molecule has 1 heterocycles. The Morgan fingerprint density at radius 3 is 2.88 bits per heavy atom. The van der Waals surface area contributed by atoms with Crippen LogP contribution >= 0.6 is 0 Å². The van der Waals surface area contributed by atoms with Crippen LogP contribution < -0.4 is 10.6 Å². The Bertz CT molecular complexity index is 346. The fraction of sp³-hybridized carbons (Fsp3) is 0.667. The van der Waals surface area contributed by atoms with E-state index in [1.54, 1.807) is 6.20 Å². The van der Waals surface area contributed by atoms with E-state index in [0.29, 0.717) is 25.4 Å². The van der Waals surface area contributed by atoms with E-state index in [4.69, 9.17) is 0 Å². The van der Waals surface area contributed by atoms with E-state index in [9.17, 15) is 4.79 Å². The first-order chi connectivity index (χ1) is 8.09. The highest BCUT2D eigenvalue weighted by Gasteiger charge is 2.02. The minimum Gasteiger partial charge on any atom is -0.356 e. The van der Waals surface area contributed by atoms with Crippen LogP contribution in [0.25, 0.3) is 0 Å². The normalized spacial score (nSPS) is 10.8. The number of amides is 1. The zero-order chi connectivity index (χ0) is 12.7. The fourth-order valence-corrected chi connectivity index (χ4v) is 1.38. The molecule has 0 aliphatic carbocycles. The molecule has 1 rings (SSSR count). The van der Waals surface area contributed by atoms with Crippen molar-refractivity contribution in [1.82, 2.24) is 20.2 Å². The van der Waals surface area contributed by atoms with Gasteiger partial charge in [0, 0.05) is 39.0 Å². The molecular weight excluding hydrogens is 216 g/mol. The Labute approximate surface area is 103 Å². The van der Waals surface area contributed by atoms with Crippen LogP contribution in [0.3, 0.4) is 0 Å². The summed E-state index contributed by atoms with van der Waals surface area (Å²) in [6.45, 7) is 6.29. The highest BCUT2D eigenvalue weighted by molar-refractivity contribution is 5.76. The summed E-state index contributed by atoms with van der Waals surface area (Å²) in [6, 6.07) is 0. The molecular formula is C12H22N4O. The van der Waals surface area contributed by atoms with Gasteiger partial charge in [-0.3, -0.25) is 4.79 Å². The zero-order valence-electron chi connectivity index (χ0n) is 10.9. The van der Waals surface area contributed by atoms with Crippen LogP contribution in [-0.2, 0) is 18.4 Å². The van der Waals surface area contributed by atoms with Crippen molar-refractivity contribution in [3.63, 3.8) is 0 Å². The van der Waals surface area contributed by atoms with Gasteiger partial charge in [0.25, 0.3) is 0 Å². The molecule has 5 nitrogen and oxygen atoms in total. The quantitative estimate of drug-likeness (QED) is 0.687. The molecule has 5 heteroatoms. The number of aromatic nitrogens is 2. The topological polar surface area (TPSA) is 59.0 Å².